The average molecular weight is 647 g/mol. The van der Waals surface area contributed by atoms with Gasteiger partial charge in [-0.1, -0.05) is 164 Å². The zero-order valence-electron chi connectivity index (χ0n) is 27.7. The Morgan fingerprint density at radius 1 is 0.294 bits per heavy atom. The molecule has 0 saturated heterocycles. The highest BCUT2D eigenvalue weighted by molar-refractivity contribution is 6.31. The van der Waals surface area contributed by atoms with Crippen molar-refractivity contribution in [2.75, 3.05) is 0 Å². The molecule has 51 heavy (non-hydrogen) atoms. The van der Waals surface area contributed by atoms with E-state index in [9.17, 15) is 0 Å². The van der Waals surface area contributed by atoms with Gasteiger partial charge in [0.05, 0.1) is 0 Å². The second-order valence-electron chi connectivity index (χ2n) is 13.5. The van der Waals surface area contributed by atoms with Gasteiger partial charge in [-0.15, -0.1) is 0 Å². The summed E-state index contributed by atoms with van der Waals surface area (Å²) in [6, 6.07) is 66.2. The molecular formula is C50H30O. The van der Waals surface area contributed by atoms with Crippen LogP contribution in [0.25, 0.3) is 109 Å². The second kappa shape index (κ2) is 10.9. The van der Waals surface area contributed by atoms with Gasteiger partial charge in [0.15, 0.2) is 0 Å². The molecule has 0 atom stereocenters. The molecule has 0 bridgehead atoms. The molecule has 1 heterocycles. The van der Waals surface area contributed by atoms with Crippen LogP contribution >= 0.6 is 0 Å². The summed E-state index contributed by atoms with van der Waals surface area (Å²) in [6.07, 6.45) is 0. The predicted molar refractivity (Wildman–Crippen MR) is 218 cm³/mol. The zero-order valence-corrected chi connectivity index (χ0v) is 27.7. The number of fused-ring (bicyclic) bond motifs is 10. The van der Waals surface area contributed by atoms with Crippen molar-refractivity contribution in [1.29, 1.82) is 0 Å². The second-order valence-corrected chi connectivity index (χ2v) is 13.5. The molecule has 0 N–H and O–H groups in total. The Bertz CT molecular complexity index is 3130. The molecule has 11 rings (SSSR count). The van der Waals surface area contributed by atoms with E-state index in [4.69, 9.17) is 4.42 Å². The van der Waals surface area contributed by atoms with E-state index >= 15 is 0 Å². The summed E-state index contributed by atoms with van der Waals surface area (Å²) < 4.78 is 6.91. The van der Waals surface area contributed by atoms with E-state index in [0.29, 0.717) is 0 Å². The summed E-state index contributed by atoms with van der Waals surface area (Å²) >= 11 is 0. The number of rotatable bonds is 3. The Morgan fingerprint density at radius 2 is 0.804 bits per heavy atom. The lowest BCUT2D eigenvalue weighted by molar-refractivity contribution is 0.670. The van der Waals surface area contributed by atoms with Gasteiger partial charge in [-0.3, -0.25) is 0 Å². The lowest BCUT2D eigenvalue weighted by Gasteiger charge is -2.20. The van der Waals surface area contributed by atoms with Gasteiger partial charge in [-0.05, 0) is 99.9 Å². The van der Waals surface area contributed by atoms with Crippen LogP contribution in [-0.4, -0.2) is 0 Å². The molecule has 0 fully saturated rings. The normalized spacial score (nSPS) is 11.9. The molecule has 0 spiro atoms. The van der Waals surface area contributed by atoms with Crippen molar-refractivity contribution < 1.29 is 4.42 Å². The SMILES string of the molecule is c1ccc(-c2ccc(-c3c4ccccc4c(-c4cc5ccccc5c5ccccc45)c4ccccc34)c3c2oc2ccc4ccccc4c23)cc1. The maximum absolute atomic E-state index is 6.91. The van der Waals surface area contributed by atoms with Gasteiger partial charge in [0.1, 0.15) is 11.2 Å². The topological polar surface area (TPSA) is 13.1 Å². The van der Waals surface area contributed by atoms with E-state index in [1.807, 2.05) is 0 Å². The van der Waals surface area contributed by atoms with Gasteiger partial charge in [0.2, 0.25) is 0 Å². The molecule has 0 unspecified atom stereocenters. The minimum Gasteiger partial charge on any atom is -0.455 e. The van der Waals surface area contributed by atoms with Crippen LogP contribution in [0.3, 0.4) is 0 Å². The lowest BCUT2D eigenvalue weighted by atomic mass is 9.82. The molecule has 10 aromatic carbocycles. The molecule has 0 aliphatic heterocycles. The molecule has 236 valence electrons. The third-order valence-electron chi connectivity index (χ3n) is 10.8. The largest absolute Gasteiger partial charge is 0.455 e. The first-order valence-corrected chi connectivity index (χ1v) is 17.6. The van der Waals surface area contributed by atoms with E-state index in [-0.39, 0.29) is 0 Å². The first kappa shape index (κ1) is 28.2. The van der Waals surface area contributed by atoms with Gasteiger partial charge in [0, 0.05) is 16.3 Å². The fraction of sp³-hybridized carbons (Fsp3) is 0. The van der Waals surface area contributed by atoms with Crippen LogP contribution in [0.15, 0.2) is 186 Å². The van der Waals surface area contributed by atoms with Crippen molar-refractivity contribution in [3.63, 3.8) is 0 Å². The molecule has 1 nitrogen and oxygen atoms in total. The molecule has 11 aromatic rings. The summed E-state index contributed by atoms with van der Waals surface area (Å²) in [5, 5.41) is 14.7. The summed E-state index contributed by atoms with van der Waals surface area (Å²) in [4.78, 5) is 0. The van der Waals surface area contributed by atoms with Crippen LogP contribution in [0.5, 0.6) is 0 Å². The number of hydrogen-bond donors (Lipinski definition) is 0. The Labute approximate surface area is 294 Å². The van der Waals surface area contributed by atoms with E-state index < -0.39 is 0 Å². The average Bonchev–Trinajstić information content (AvgIpc) is 3.60. The van der Waals surface area contributed by atoms with Crippen molar-refractivity contribution >= 4 is 75.8 Å². The summed E-state index contributed by atoms with van der Waals surface area (Å²) in [5.41, 5.74) is 9.01. The Hall–Kier alpha value is -6.70. The van der Waals surface area contributed by atoms with Crippen LogP contribution in [0.4, 0.5) is 0 Å². The minimum atomic E-state index is 0.904. The maximum Gasteiger partial charge on any atom is 0.143 e. The van der Waals surface area contributed by atoms with Gasteiger partial charge < -0.3 is 4.42 Å². The molecule has 0 aliphatic rings. The fourth-order valence-corrected chi connectivity index (χ4v) is 8.66. The summed E-state index contributed by atoms with van der Waals surface area (Å²) in [7, 11) is 0. The number of benzene rings is 10. The highest BCUT2D eigenvalue weighted by Crippen LogP contribution is 2.50. The maximum atomic E-state index is 6.91. The third-order valence-corrected chi connectivity index (χ3v) is 10.8. The highest BCUT2D eigenvalue weighted by atomic mass is 16.3. The molecular weight excluding hydrogens is 617 g/mol. The molecule has 0 aliphatic carbocycles. The van der Waals surface area contributed by atoms with Gasteiger partial charge in [-0.2, -0.15) is 0 Å². The fourth-order valence-electron chi connectivity index (χ4n) is 8.66. The predicted octanol–water partition coefficient (Wildman–Crippen LogP) is 14.4. The van der Waals surface area contributed by atoms with Gasteiger partial charge in [-0.25, -0.2) is 0 Å². The van der Waals surface area contributed by atoms with Crippen molar-refractivity contribution in [1.82, 2.24) is 0 Å². The molecule has 0 radical (unpaired) electrons. The van der Waals surface area contributed by atoms with E-state index in [1.54, 1.807) is 0 Å². The van der Waals surface area contributed by atoms with Crippen LogP contribution in [0, 0.1) is 0 Å². The zero-order chi connectivity index (χ0) is 33.5. The van der Waals surface area contributed by atoms with E-state index in [0.717, 1.165) is 33.1 Å². The van der Waals surface area contributed by atoms with Crippen molar-refractivity contribution in [2.24, 2.45) is 0 Å². The van der Waals surface area contributed by atoms with Gasteiger partial charge >= 0.3 is 0 Å². The van der Waals surface area contributed by atoms with Crippen LogP contribution in [0.2, 0.25) is 0 Å². The quantitative estimate of drug-likeness (QED) is 0.138. The molecule has 0 amide bonds. The molecule has 1 heteroatoms. The molecule has 1 aromatic heterocycles. The summed E-state index contributed by atoms with van der Waals surface area (Å²) in [5.74, 6) is 0. The van der Waals surface area contributed by atoms with Crippen LogP contribution < -0.4 is 0 Å². The van der Waals surface area contributed by atoms with Crippen molar-refractivity contribution in [2.45, 2.75) is 0 Å². The Morgan fingerprint density at radius 3 is 1.49 bits per heavy atom. The van der Waals surface area contributed by atoms with Crippen LogP contribution in [0.1, 0.15) is 0 Å². The van der Waals surface area contributed by atoms with E-state index in [2.05, 4.69) is 182 Å². The van der Waals surface area contributed by atoms with E-state index in [1.165, 1.54) is 76.1 Å². The Balaban J connectivity index is 1.33. The van der Waals surface area contributed by atoms with Crippen molar-refractivity contribution in [3.8, 4) is 33.4 Å². The monoisotopic (exact) mass is 646 g/mol. The minimum absolute atomic E-state index is 0.904. The first-order valence-electron chi connectivity index (χ1n) is 17.6. The number of hydrogen-bond acceptors (Lipinski definition) is 1. The third kappa shape index (κ3) is 4.09. The highest BCUT2D eigenvalue weighted by Gasteiger charge is 2.24. The summed E-state index contributed by atoms with van der Waals surface area (Å²) in [6.45, 7) is 0. The first-order chi connectivity index (χ1) is 25.3. The van der Waals surface area contributed by atoms with Gasteiger partial charge in [0.25, 0.3) is 0 Å². The Kier molecular flexibility index (Phi) is 6.02. The standard InChI is InChI=1S/C50H30O/c1-2-14-31(15-3-1)36-27-28-43(49-48-35-19-7-4-16-32(35)26-29-45(48)51-50(36)49)46-39-22-10-12-24-41(39)47(42-25-13-11-23-40(42)46)44-30-33-17-5-6-18-34(33)37-20-8-9-21-38(37)44/h1-30H. The lowest BCUT2D eigenvalue weighted by Crippen LogP contribution is -1.93. The molecule has 0 saturated carbocycles. The van der Waals surface area contributed by atoms with Crippen LogP contribution in [-0.2, 0) is 0 Å². The van der Waals surface area contributed by atoms with Crippen molar-refractivity contribution in [3.05, 3.63) is 182 Å². The smallest absolute Gasteiger partial charge is 0.143 e. The number of furan rings is 1.